The summed E-state index contributed by atoms with van der Waals surface area (Å²) in [4.78, 5) is 17.7. The maximum absolute atomic E-state index is 13.0. The number of fused-ring (bicyclic) bond motifs is 1. The van der Waals surface area contributed by atoms with Crippen LogP contribution >= 0.6 is 0 Å². The molecular formula is C25H31N3O. The maximum atomic E-state index is 13.0. The predicted molar refractivity (Wildman–Crippen MR) is 114 cm³/mol. The summed E-state index contributed by atoms with van der Waals surface area (Å²) in [6.45, 7) is 0. The summed E-state index contributed by atoms with van der Waals surface area (Å²) in [5.74, 6) is 2.56. The molecule has 2 N–H and O–H groups in total. The van der Waals surface area contributed by atoms with E-state index in [4.69, 9.17) is 4.98 Å². The predicted octanol–water partition coefficient (Wildman–Crippen LogP) is 4.88. The van der Waals surface area contributed by atoms with E-state index in [0.29, 0.717) is 11.7 Å². The summed E-state index contributed by atoms with van der Waals surface area (Å²) in [6.07, 6.45) is 13.0. The van der Waals surface area contributed by atoms with Crippen LogP contribution in [0.15, 0.2) is 30.3 Å². The Labute approximate surface area is 172 Å². The normalized spacial score (nSPS) is 33.4. The molecular weight excluding hydrogens is 358 g/mol. The minimum absolute atomic E-state index is 0.0892. The van der Waals surface area contributed by atoms with Crippen LogP contribution in [0.5, 0.6) is 0 Å². The lowest BCUT2D eigenvalue weighted by Gasteiger charge is -2.57. The maximum Gasteiger partial charge on any atom is 0.283 e. The third kappa shape index (κ3) is 3.07. The van der Waals surface area contributed by atoms with Crippen LogP contribution in [-0.2, 0) is 5.41 Å². The average molecular weight is 390 g/mol. The molecule has 29 heavy (non-hydrogen) atoms. The standard InChI is InChI=1S/C25H31N3O/c29-24(28-27-19-5-1-2-6-19)23-12-21(20-7-3-4-8-22(20)26-23)25-13-16-9-17(14-25)11-18(10-16)15-25/h3-4,7-8,12,16-19,27H,1-2,5-6,9-11,13-15H2,(H,28,29). The van der Waals surface area contributed by atoms with Crippen LogP contribution in [0.1, 0.15) is 80.3 Å². The Hall–Kier alpha value is -1.94. The fraction of sp³-hybridized carbons (Fsp3) is 0.600. The smallest absolute Gasteiger partial charge is 0.283 e. The Balaban J connectivity index is 1.37. The Bertz CT molecular complexity index is 911. The highest BCUT2D eigenvalue weighted by Gasteiger charge is 2.52. The van der Waals surface area contributed by atoms with Crippen molar-refractivity contribution in [2.75, 3.05) is 0 Å². The van der Waals surface area contributed by atoms with Crippen molar-refractivity contribution < 1.29 is 4.79 Å². The van der Waals surface area contributed by atoms with Gasteiger partial charge in [-0.25, -0.2) is 10.4 Å². The summed E-state index contributed by atoms with van der Waals surface area (Å²) in [7, 11) is 0. The second kappa shape index (κ2) is 6.80. The lowest BCUT2D eigenvalue weighted by molar-refractivity contribution is -0.00454. The number of aromatic nitrogens is 1. The largest absolute Gasteiger partial charge is 0.286 e. The molecule has 152 valence electrons. The topological polar surface area (TPSA) is 54.0 Å². The lowest BCUT2D eigenvalue weighted by atomic mass is 9.48. The molecule has 1 heterocycles. The molecule has 0 aliphatic heterocycles. The third-order valence-electron chi connectivity index (χ3n) is 8.30. The highest BCUT2D eigenvalue weighted by atomic mass is 16.2. The van der Waals surface area contributed by atoms with Crippen molar-refractivity contribution >= 4 is 16.8 Å². The van der Waals surface area contributed by atoms with E-state index in [1.54, 1.807) is 0 Å². The van der Waals surface area contributed by atoms with Gasteiger partial charge in [0, 0.05) is 11.4 Å². The summed E-state index contributed by atoms with van der Waals surface area (Å²) in [6, 6.07) is 11.0. The van der Waals surface area contributed by atoms with Crippen molar-refractivity contribution in [3.05, 3.63) is 41.6 Å². The minimum atomic E-state index is -0.0892. The van der Waals surface area contributed by atoms with Gasteiger partial charge in [0.2, 0.25) is 0 Å². The van der Waals surface area contributed by atoms with Gasteiger partial charge in [0.15, 0.2) is 0 Å². The molecule has 4 heteroatoms. The zero-order valence-electron chi connectivity index (χ0n) is 17.1. The van der Waals surface area contributed by atoms with E-state index in [9.17, 15) is 4.79 Å². The van der Waals surface area contributed by atoms with Gasteiger partial charge in [0.25, 0.3) is 5.91 Å². The quantitative estimate of drug-likeness (QED) is 0.733. The fourth-order valence-electron chi connectivity index (χ4n) is 7.47. The first-order valence-corrected chi connectivity index (χ1v) is 11.6. The molecule has 0 atom stereocenters. The van der Waals surface area contributed by atoms with Gasteiger partial charge in [-0.2, -0.15) is 0 Å². The van der Waals surface area contributed by atoms with Crippen LogP contribution in [0.2, 0.25) is 0 Å². The molecule has 1 aromatic heterocycles. The first-order valence-electron chi connectivity index (χ1n) is 11.6. The van der Waals surface area contributed by atoms with E-state index in [-0.39, 0.29) is 11.3 Å². The van der Waals surface area contributed by atoms with Crippen molar-refractivity contribution in [1.29, 1.82) is 0 Å². The SMILES string of the molecule is O=C(NNC1CCCC1)c1cc(C23CC4CC(CC(C4)C2)C3)c2ccccc2n1. The number of nitrogens with one attached hydrogen (secondary N) is 2. The highest BCUT2D eigenvalue weighted by Crippen LogP contribution is 2.61. The zero-order chi connectivity index (χ0) is 19.4. The molecule has 5 saturated carbocycles. The third-order valence-corrected chi connectivity index (χ3v) is 8.30. The molecule has 7 rings (SSSR count). The molecule has 2 aromatic rings. The van der Waals surface area contributed by atoms with Crippen molar-refractivity contribution in [2.24, 2.45) is 17.8 Å². The first kappa shape index (κ1) is 17.9. The van der Waals surface area contributed by atoms with Gasteiger partial charge in [0.05, 0.1) is 5.52 Å². The summed E-state index contributed by atoms with van der Waals surface area (Å²) in [5.41, 5.74) is 9.38. The molecule has 0 radical (unpaired) electrons. The monoisotopic (exact) mass is 389 g/mol. The van der Waals surface area contributed by atoms with E-state index in [2.05, 4.69) is 35.1 Å². The van der Waals surface area contributed by atoms with Gasteiger partial charge < -0.3 is 0 Å². The summed E-state index contributed by atoms with van der Waals surface area (Å²) >= 11 is 0. The molecule has 0 spiro atoms. The van der Waals surface area contributed by atoms with Gasteiger partial charge in [-0.3, -0.25) is 10.2 Å². The molecule has 5 fully saturated rings. The van der Waals surface area contributed by atoms with Gasteiger partial charge >= 0.3 is 0 Å². The van der Waals surface area contributed by atoms with Crippen LogP contribution in [0.25, 0.3) is 10.9 Å². The molecule has 1 aromatic carbocycles. The van der Waals surface area contributed by atoms with Crippen LogP contribution in [-0.4, -0.2) is 16.9 Å². The van der Waals surface area contributed by atoms with E-state index < -0.39 is 0 Å². The number of hydrogen-bond donors (Lipinski definition) is 2. The average Bonchev–Trinajstić information content (AvgIpc) is 3.24. The van der Waals surface area contributed by atoms with Crippen LogP contribution in [0, 0.1) is 17.8 Å². The second-order valence-electron chi connectivity index (χ2n) is 10.3. The fourth-order valence-corrected chi connectivity index (χ4v) is 7.47. The molecule has 0 unspecified atom stereocenters. The Morgan fingerprint density at radius 1 is 0.966 bits per heavy atom. The van der Waals surface area contributed by atoms with E-state index >= 15 is 0 Å². The first-order chi connectivity index (χ1) is 14.2. The number of pyridine rings is 1. The van der Waals surface area contributed by atoms with Gasteiger partial charge in [0.1, 0.15) is 5.69 Å². The molecule has 0 saturated heterocycles. The van der Waals surface area contributed by atoms with Crippen molar-refractivity contribution in [1.82, 2.24) is 15.8 Å². The van der Waals surface area contributed by atoms with Gasteiger partial charge in [-0.1, -0.05) is 31.0 Å². The number of carbonyl (C=O) groups excluding carboxylic acids is 1. The molecule has 4 nitrogen and oxygen atoms in total. The summed E-state index contributed by atoms with van der Waals surface area (Å²) in [5, 5.41) is 1.26. The number of nitrogens with zero attached hydrogens (tertiary/aromatic N) is 1. The van der Waals surface area contributed by atoms with Crippen molar-refractivity contribution in [2.45, 2.75) is 75.7 Å². The molecule has 5 aliphatic rings. The Kier molecular flexibility index (Phi) is 4.19. The minimum Gasteiger partial charge on any atom is -0.286 e. The highest BCUT2D eigenvalue weighted by molar-refractivity contribution is 5.96. The van der Waals surface area contributed by atoms with E-state index in [0.717, 1.165) is 36.1 Å². The number of hydrogen-bond acceptors (Lipinski definition) is 3. The molecule has 5 aliphatic carbocycles. The van der Waals surface area contributed by atoms with Crippen molar-refractivity contribution in [3.63, 3.8) is 0 Å². The van der Waals surface area contributed by atoms with E-state index in [1.807, 2.05) is 6.07 Å². The Morgan fingerprint density at radius 2 is 1.62 bits per heavy atom. The van der Waals surface area contributed by atoms with Crippen LogP contribution < -0.4 is 10.9 Å². The van der Waals surface area contributed by atoms with Gasteiger partial charge in [-0.05, 0) is 92.2 Å². The second-order valence-corrected chi connectivity index (χ2v) is 10.3. The van der Waals surface area contributed by atoms with Gasteiger partial charge in [-0.15, -0.1) is 0 Å². The van der Waals surface area contributed by atoms with E-state index in [1.165, 1.54) is 62.3 Å². The zero-order valence-corrected chi connectivity index (χ0v) is 17.1. The van der Waals surface area contributed by atoms with Crippen molar-refractivity contribution in [3.8, 4) is 0 Å². The van der Waals surface area contributed by atoms with Crippen LogP contribution in [0.3, 0.4) is 0 Å². The Morgan fingerprint density at radius 3 is 2.31 bits per heavy atom. The molecule has 4 bridgehead atoms. The number of benzene rings is 1. The van der Waals surface area contributed by atoms with Crippen LogP contribution in [0.4, 0.5) is 0 Å². The number of hydrazine groups is 1. The number of para-hydroxylation sites is 1. The number of rotatable bonds is 4. The molecule has 1 amide bonds. The number of carbonyl (C=O) groups is 1. The number of amides is 1. The summed E-state index contributed by atoms with van der Waals surface area (Å²) < 4.78 is 0. The lowest BCUT2D eigenvalue weighted by Crippen LogP contribution is -2.49.